The van der Waals surface area contributed by atoms with Gasteiger partial charge in [-0.1, -0.05) is 48.9 Å². The fourth-order valence-electron chi connectivity index (χ4n) is 3.41. The molecule has 0 bridgehead atoms. The number of carbonyl (C=O) groups excluding carboxylic acids is 1. The average Bonchev–Trinajstić information content (AvgIpc) is 2.76. The predicted molar refractivity (Wildman–Crippen MR) is 125 cm³/mol. The van der Waals surface area contributed by atoms with Crippen molar-refractivity contribution in [1.29, 1.82) is 0 Å². The van der Waals surface area contributed by atoms with Crippen LogP contribution in [0.1, 0.15) is 35.7 Å². The van der Waals surface area contributed by atoms with Gasteiger partial charge in [0, 0.05) is 36.0 Å². The molecule has 5 nitrogen and oxygen atoms in total. The van der Waals surface area contributed by atoms with Gasteiger partial charge in [-0.05, 0) is 37.1 Å². The molecule has 156 valence electrons. The molecule has 2 heterocycles. The van der Waals surface area contributed by atoms with Crippen LogP contribution in [0.2, 0.25) is 5.15 Å². The summed E-state index contributed by atoms with van der Waals surface area (Å²) in [5.74, 6) is 1.19. The van der Waals surface area contributed by atoms with Gasteiger partial charge in [0.1, 0.15) is 16.4 Å². The number of para-hydroxylation sites is 2. The Kier molecular flexibility index (Phi) is 6.14. The Balaban J connectivity index is 1.85. The third-order valence-electron chi connectivity index (χ3n) is 4.97. The number of Topliss-reactive ketones (excluding diaryl/α,β-unsaturated/α-hetero) is 1. The highest BCUT2D eigenvalue weighted by Gasteiger charge is 2.18. The normalized spacial score (nSPS) is 10.8. The highest BCUT2D eigenvalue weighted by Crippen LogP contribution is 2.36. The fraction of sp³-hybridized carbons (Fsp3) is 0.160. The van der Waals surface area contributed by atoms with Crippen LogP contribution < -0.4 is 10.1 Å². The molecule has 0 spiro atoms. The molecule has 0 amide bonds. The van der Waals surface area contributed by atoms with E-state index >= 15 is 0 Å². The molecule has 0 fully saturated rings. The van der Waals surface area contributed by atoms with Crippen LogP contribution in [0.4, 0.5) is 11.4 Å². The van der Waals surface area contributed by atoms with E-state index in [4.69, 9.17) is 16.3 Å². The van der Waals surface area contributed by atoms with Crippen molar-refractivity contribution in [1.82, 2.24) is 9.97 Å². The number of fused-ring (bicyclic) bond motifs is 1. The lowest BCUT2D eigenvalue weighted by molar-refractivity contribution is 0.0982. The van der Waals surface area contributed by atoms with Crippen molar-refractivity contribution in [2.24, 2.45) is 0 Å². The highest BCUT2D eigenvalue weighted by molar-refractivity contribution is 6.29. The van der Waals surface area contributed by atoms with Gasteiger partial charge in [-0.3, -0.25) is 9.78 Å². The number of aromatic nitrogens is 2. The maximum atomic E-state index is 12.9. The number of halogens is 1. The number of rotatable bonds is 7. The number of hydrogen-bond donors (Lipinski definition) is 1. The summed E-state index contributed by atoms with van der Waals surface area (Å²) in [6.07, 6.45) is 4.45. The molecule has 0 aliphatic rings. The van der Waals surface area contributed by atoms with E-state index in [9.17, 15) is 4.79 Å². The molecule has 4 rings (SSSR count). The van der Waals surface area contributed by atoms with Gasteiger partial charge in [-0.15, -0.1) is 0 Å². The van der Waals surface area contributed by atoms with Gasteiger partial charge in [-0.2, -0.15) is 0 Å². The summed E-state index contributed by atoms with van der Waals surface area (Å²) in [4.78, 5) is 21.4. The zero-order valence-electron chi connectivity index (χ0n) is 17.4. The number of ether oxygens (including phenoxy) is 1. The molecule has 4 aromatic rings. The third kappa shape index (κ3) is 4.52. The van der Waals surface area contributed by atoms with Crippen molar-refractivity contribution >= 4 is 39.7 Å². The molecular formula is C25H22ClN3O2. The molecule has 0 aliphatic heterocycles. The first-order valence-corrected chi connectivity index (χ1v) is 10.5. The van der Waals surface area contributed by atoms with Crippen molar-refractivity contribution in [2.75, 3.05) is 5.32 Å². The number of benzene rings is 2. The molecule has 0 radical (unpaired) electrons. The number of anilines is 2. The Morgan fingerprint density at radius 1 is 1.10 bits per heavy atom. The van der Waals surface area contributed by atoms with Crippen LogP contribution in [-0.2, 0) is 0 Å². The summed E-state index contributed by atoms with van der Waals surface area (Å²) in [5, 5.41) is 4.63. The molecule has 6 heteroatoms. The molecule has 0 aliphatic carbocycles. The summed E-state index contributed by atoms with van der Waals surface area (Å²) < 4.78 is 6.05. The van der Waals surface area contributed by atoms with Crippen LogP contribution in [0.15, 0.2) is 67.0 Å². The summed E-state index contributed by atoms with van der Waals surface area (Å²) in [6.45, 7) is 4.02. The molecule has 31 heavy (non-hydrogen) atoms. The van der Waals surface area contributed by atoms with E-state index in [2.05, 4.69) is 15.3 Å². The topological polar surface area (TPSA) is 64.1 Å². The minimum atomic E-state index is 0.0558. The van der Waals surface area contributed by atoms with Crippen LogP contribution in [-0.4, -0.2) is 15.8 Å². The van der Waals surface area contributed by atoms with Gasteiger partial charge in [-0.25, -0.2) is 4.98 Å². The van der Waals surface area contributed by atoms with E-state index in [1.807, 2.05) is 56.3 Å². The van der Waals surface area contributed by atoms with Gasteiger partial charge >= 0.3 is 0 Å². The van der Waals surface area contributed by atoms with E-state index in [1.165, 1.54) is 0 Å². The van der Waals surface area contributed by atoms with Gasteiger partial charge in [0.2, 0.25) is 0 Å². The Labute approximate surface area is 186 Å². The van der Waals surface area contributed by atoms with Crippen LogP contribution >= 0.6 is 11.6 Å². The van der Waals surface area contributed by atoms with E-state index in [-0.39, 0.29) is 5.78 Å². The zero-order chi connectivity index (χ0) is 21.8. The molecule has 0 saturated carbocycles. The summed E-state index contributed by atoms with van der Waals surface area (Å²) >= 11 is 5.99. The minimum absolute atomic E-state index is 0.0558. The molecular weight excluding hydrogens is 410 g/mol. The van der Waals surface area contributed by atoms with Crippen molar-refractivity contribution in [3.8, 4) is 11.5 Å². The van der Waals surface area contributed by atoms with E-state index in [0.717, 1.165) is 28.7 Å². The molecule has 0 saturated heterocycles. The van der Waals surface area contributed by atoms with Crippen molar-refractivity contribution in [3.63, 3.8) is 0 Å². The Morgan fingerprint density at radius 2 is 1.94 bits per heavy atom. The lowest BCUT2D eigenvalue weighted by Crippen LogP contribution is -2.06. The lowest BCUT2D eigenvalue weighted by Gasteiger charge is -2.17. The van der Waals surface area contributed by atoms with E-state index in [1.54, 1.807) is 24.5 Å². The van der Waals surface area contributed by atoms with Crippen LogP contribution in [0.5, 0.6) is 11.5 Å². The van der Waals surface area contributed by atoms with Crippen LogP contribution in [0, 0.1) is 6.92 Å². The van der Waals surface area contributed by atoms with E-state index in [0.29, 0.717) is 34.2 Å². The predicted octanol–water partition coefficient (Wildman–Crippen LogP) is 7.11. The van der Waals surface area contributed by atoms with Gasteiger partial charge in [0.15, 0.2) is 11.5 Å². The fourth-order valence-corrected chi connectivity index (χ4v) is 3.57. The minimum Gasteiger partial charge on any atom is -0.455 e. The van der Waals surface area contributed by atoms with Gasteiger partial charge in [0.25, 0.3) is 0 Å². The first-order chi connectivity index (χ1) is 15.1. The first-order valence-electron chi connectivity index (χ1n) is 10.1. The van der Waals surface area contributed by atoms with Gasteiger partial charge < -0.3 is 10.1 Å². The number of ketones is 1. The highest BCUT2D eigenvalue weighted by atomic mass is 35.5. The quantitative estimate of drug-likeness (QED) is 0.249. The van der Waals surface area contributed by atoms with Crippen molar-refractivity contribution < 1.29 is 9.53 Å². The van der Waals surface area contributed by atoms with Gasteiger partial charge in [0.05, 0.1) is 11.3 Å². The summed E-state index contributed by atoms with van der Waals surface area (Å²) in [6, 6.07) is 17.0. The van der Waals surface area contributed by atoms with Crippen LogP contribution in [0.25, 0.3) is 10.9 Å². The number of nitrogens with one attached hydrogen (secondary N) is 1. The zero-order valence-corrected chi connectivity index (χ0v) is 18.1. The monoisotopic (exact) mass is 431 g/mol. The second-order valence-corrected chi connectivity index (χ2v) is 7.62. The molecule has 0 unspecified atom stereocenters. The second kappa shape index (κ2) is 9.14. The number of carbonyl (C=O) groups is 1. The summed E-state index contributed by atoms with van der Waals surface area (Å²) in [7, 11) is 0. The maximum absolute atomic E-state index is 12.9. The maximum Gasteiger partial charge on any atom is 0.166 e. The van der Waals surface area contributed by atoms with Crippen molar-refractivity contribution in [2.45, 2.75) is 26.7 Å². The molecule has 0 atom stereocenters. The number of aryl methyl sites for hydroxylation is 1. The molecule has 2 aromatic heterocycles. The SMILES string of the molecule is CCCC(=O)c1cnc2c(Oc3ccnc(Cl)c3)cccc2c1Nc1ccccc1C. The Hall–Kier alpha value is -3.44. The second-order valence-electron chi connectivity index (χ2n) is 7.23. The Morgan fingerprint density at radius 3 is 2.71 bits per heavy atom. The molecule has 2 aromatic carbocycles. The van der Waals surface area contributed by atoms with Crippen molar-refractivity contribution in [3.05, 3.63) is 83.3 Å². The number of nitrogens with zero attached hydrogens (tertiary/aromatic N) is 2. The van der Waals surface area contributed by atoms with Crippen LogP contribution in [0.3, 0.4) is 0 Å². The molecule has 1 N–H and O–H groups in total. The third-order valence-corrected chi connectivity index (χ3v) is 5.18. The standard InChI is InChI=1S/C25H22ClN3O2/c1-3-7-21(30)19-15-28-25-18(24(19)29-20-10-5-4-8-16(20)2)9-6-11-22(25)31-17-12-13-27-23(26)14-17/h4-6,8-15H,3,7H2,1-2H3,(H,28,29). The Bertz CT molecular complexity index is 1260. The first kappa shape index (κ1) is 20.8. The largest absolute Gasteiger partial charge is 0.455 e. The summed E-state index contributed by atoms with van der Waals surface area (Å²) in [5.41, 5.74) is 3.98. The number of pyridine rings is 2. The average molecular weight is 432 g/mol. The lowest BCUT2D eigenvalue weighted by atomic mass is 10.0. The smallest absolute Gasteiger partial charge is 0.166 e. The number of hydrogen-bond acceptors (Lipinski definition) is 5. The van der Waals surface area contributed by atoms with E-state index < -0.39 is 0 Å².